The largest absolute Gasteiger partial charge is 0.356 e. The first-order valence-corrected chi connectivity index (χ1v) is 6.97. The molecule has 0 aliphatic heterocycles. The molecule has 0 aromatic carbocycles. The Morgan fingerprint density at radius 1 is 1.45 bits per heavy atom. The van der Waals surface area contributed by atoms with Crippen LogP contribution in [0.2, 0.25) is 0 Å². The minimum atomic E-state index is 0. The summed E-state index contributed by atoms with van der Waals surface area (Å²) in [6.07, 6.45) is 2.55. The molecule has 0 bridgehead atoms. The fraction of sp³-hybridized carbons (Fsp3) is 0.417. The van der Waals surface area contributed by atoms with Crippen molar-refractivity contribution in [3.63, 3.8) is 0 Å². The van der Waals surface area contributed by atoms with Crippen molar-refractivity contribution in [2.75, 3.05) is 13.6 Å². The molecule has 0 radical (unpaired) electrons. The Balaban J connectivity index is 0.00000200. The van der Waals surface area contributed by atoms with Crippen LogP contribution in [0.4, 0.5) is 0 Å². The van der Waals surface area contributed by atoms with Crippen LogP contribution in [0.25, 0.3) is 0 Å². The third-order valence-corrected chi connectivity index (χ3v) is 3.62. The first kappa shape index (κ1) is 16.9. The molecule has 0 saturated heterocycles. The lowest BCUT2D eigenvalue weighted by Crippen LogP contribution is -2.38. The van der Waals surface area contributed by atoms with Crippen molar-refractivity contribution < 1.29 is 0 Å². The molecular weight excluding hydrogens is 387 g/mol. The molecule has 2 N–H and O–H groups in total. The summed E-state index contributed by atoms with van der Waals surface area (Å²) in [4.78, 5) is 9.70. The molecule has 0 aliphatic carbocycles. The second kappa shape index (κ2) is 8.90. The SMILES string of the molecule is CN=C(NCCc1cccs1)NCc1ncnn1C.I. The van der Waals surface area contributed by atoms with Gasteiger partial charge >= 0.3 is 0 Å². The van der Waals surface area contributed by atoms with Crippen LogP contribution in [0.15, 0.2) is 28.8 Å². The summed E-state index contributed by atoms with van der Waals surface area (Å²) >= 11 is 1.77. The van der Waals surface area contributed by atoms with Gasteiger partial charge in [-0.15, -0.1) is 35.3 Å². The smallest absolute Gasteiger partial charge is 0.191 e. The van der Waals surface area contributed by atoms with Crippen LogP contribution >= 0.6 is 35.3 Å². The van der Waals surface area contributed by atoms with Gasteiger partial charge in [-0.3, -0.25) is 9.67 Å². The fourth-order valence-electron chi connectivity index (χ4n) is 1.62. The van der Waals surface area contributed by atoms with Gasteiger partial charge in [0.15, 0.2) is 5.96 Å². The minimum absolute atomic E-state index is 0. The molecule has 0 saturated carbocycles. The van der Waals surface area contributed by atoms with Gasteiger partial charge in [0, 0.05) is 25.5 Å². The highest BCUT2D eigenvalue weighted by molar-refractivity contribution is 14.0. The number of aryl methyl sites for hydroxylation is 1. The lowest BCUT2D eigenvalue weighted by Gasteiger charge is -2.10. The van der Waals surface area contributed by atoms with Crippen molar-refractivity contribution in [1.29, 1.82) is 0 Å². The van der Waals surface area contributed by atoms with Crippen molar-refractivity contribution in [1.82, 2.24) is 25.4 Å². The van der Waals surface area contributed by atoms with E-state index in [4.69, 9.17) is 0 Å². The van der Waals surface area contributed by atoms with Crippen molar-refractivity contribution >= 4 is 41.3 Å². The number of rotatable bonds is 5. The number of aromatic nitrogens is 3. The van der Waals surface area contributed by atoms with Gasteiger partial charge in [0.1, 0.15) is 12.2 Å². The summed E-state index contributed by atoms with van der Waals surface area (Å²) in [6.45, 7) is 1.47. The minimum Gasteiger partial charge on any atom is -0.356 e. The molecule has 8 heteroatoms. The zero-order valence-electron chi connectivity index (χ0n) is 11.5. The van der Waals surface area contributed by atoms with Gasteiger partial charge in [0.05, 0.1) is 6.54 Å². The van der Waals surface area contributed by atoms with E-state index in [2.05, 4.69) is 43.2 Å². The molecule has 0 spiro atoms. The van der Waals surface area contributed by atoms with E-state index in [1.165, 1.54) is 4.88 Å². The van der Waals surface area contributed by atoms with Gasteiger partial charge in [-0.2, -0.15) is 5.10 Å². The van der Waals surface area contributed by atoms with Crippen LogP contribution in [-0.2, 0) is 20.0 Å². The summed E-state index contributed by atoms with van der Waals surface area (Å²) in [7, 11) is 3.63. The summed E-state index contributed by atoms with van der Waals surface area (Å²) in [5.74, 6) is 1.65. The summed E-state index contributed by atoms with van der Waals surface area (Å²) in [5.41, 5.74) is 0. The number of aliphatic imine (C=N–C) groups is 1. The van der Waals surface area contributed by atoms with Crippen LogP contribution in [0.3, 0.4) is 0 Å². The maximum absolute atomic E-state index is 4.18. The third-order valence-electron chi connectivity index (χ3n) is 2.69. The Labute approximate surface area is 139 Å². The predicted molar refractivity (Wildman–Crippen MR) is 92.6 cm³/mol. The Morgan fingerprint density at radius 3 is 2.90 bits per heavy atom. The number of thiophene rings is 1. The average Bonchev–Trinajstić information content (AvgIpc) is 3.05. The van der Waals surface area contributed by atoms with E-state index < -0.39 is 0 Å². The highest BCUT2D eigenvalue weighted by atomic mass is 127. The van der Waals surface area contributed by atoms with Crippen LogP contribution < -0.4 is 10.6 Å². The first-order valence-electron chi connectivity index (χ1n) is 6.09. The molecule has 20 heavy (non-hydrogen) atoms. The predicted octanol–water partition coefficient (Wildman–Crippen LogP) is 1.40. The zero-order chi connectivity index (χ0) is 13.5. The number of nitrogens with zero attached hydrogens (tertiary/aromatic N) is 4. The molecule has 6 nitrogen and oxygen atoms in total. The summed E-state index contributed by atoms with van der Waals surface area (Å²) in [5, 5.41) is 12.6. The molecule has 2 aromatic heterocycles. The molecule has 110 valence electrons. The van der Waals surface area contributed by atoms with E-state index in [1.807, 2.05) is 7.05 Å². The Bertz CT molecular complexity index is 522. The Hall–Kier alpha value is -1.16. The van der Waals surface area contributed by atoms with Gasteiger partial charge in [0.2, 0.25) is 0 Å². The summed E-state index contributed by atoms with van der Waals surface area (Å²) in [6, 6.07) is 4.21. The average molecular weight is 406 g/mol. The monoisotopic (exact) mass is 406 g/mol. The van der Waals surface area contributed by atoms with Crippen LogP contribution in [0, 0.1) is 0 Å². The highest BCUT2D eigenvalue weighted by Crippen LogP contribution is 2.07. The molecule has 0 amide bonds. The number of nitrogens with one attached hydrogen (secondary N) is 2. The Kier molecular flexibility index (Phi) is 7.52. The van der Waals surface area contributed by atoms with Gasteiger partial charge in [-0.1, -0.05) is 6.07 Å². The van der Waals surface area contributed by atoms with E-state index in [9.17, 15) is 0 Å². The maximum atomic E-state index is 4.18. The van der Waals surface area contributed by atoms with Crippen LogP contribution in [0.5, 0.6) is 0 Å². The standard InChI is InChI=1S/C12H18N6S.HI/c1-13-12(14-6-5-10-4-3-7-19-10)15-8-11-16-9-17-18(11)2;/h3-4,7,9H,5-6,8H2,1-2H3,(H2,13,14,15);1H. The lowest BCUT2D eigenvalue weighted by molar-refractivity contribution is 0.672. The van der Waals surface area contributed by atoms with Crippen molar-refractivity contribution in [2.24, 2.45) is 12.0 Å². The zero-order valence-corrected chi connectivity index (χ0v) is 14.7. The van der Waals surface area contributed by atoms with Crippen molar-refractivity contribution in [3.8, 4) is 0 Å². The first-order chi connectivity index (χ1) is 9.29. The molecule has 2 heterocycles. The normalized spacial score (nSPS) is 11.0. The van der Waals surface area contributed by atoms with Gasteiger partial charge < -0.3 is 10.6 Å². The van der Waals surface area contributed by atoms with Crippen molar-refractivity contribution in [3.05, 3.63) is 34.5 Å². The second-order valence-corrected chi connectivity index (χ2v) is 5.01. The lowest BCUT2D eigenvalue weighted by atomic mass is 10.3. The molecular formula is C12H19IN6S. The summed E-state index contributed by atoms with van der Waals surface area (Å²) < 4.78 is 1.74. The molecule has 0 aliphatic rings. The topological polar surface area (TPSA) is 67.1 Å². The van der Waals surface area contributed by atoms with Crippen LogP contribution in [-0.4, -0.2) is 34.3 Å². The number of halogens is 1. The quantitative estimate of drug-likeness (QED) is 0.448. The Morgan fingerprint density at radius 2 is 2.30 bits per heavy atom. The van der Waals surface area contributed by atoms with E-state index in [-0.39, 0.29) is 24.0 Å². The fourth-order valence-corrected chi connectivity index (χ4v) is 2.33. The maximum Gasteiger partial charge on any atom is 0.191 e. The van der Waals surface area contributed by atoms with Gasteiger partial charge in [-0.05, 0) is 17.9 Å². The van der Waals surface area contributed by atoms with Gasteiger partial charge in [0.25, 0.3) is 0 Å². The third kappa shape index (κ3) is 5.08. The van der Waals surface area contributed by atoms with E-state index in [0.717, 1.165) is 24.7 Å². The number of hydrogen-bond acceptors (Lipinski definition) is 4. The van der Waals surface area contributed by atoms with Gasteiger partial charge in [-0.25, -0.2) is 4.98 Å². The van der Waals surface area contributed by atoms with E-state index in [1.54, 1.807) is 29.4 Å². The second-order valence-electron chi connectivity index (χ2n) is 3.98. The molecule has 2 rings (SSSR count). The van der Waals surface area contributed by atoms with E-state index in [0.29, 0.717) is 6.54 Å². The molecule has 0 fully saturated rings. The molecule has 0 unspecified atom stereocenters. The molecule has 0 atom stereocenters. The van der Waals surface area contributed by atoms with Crippen LogP contribution in [0.1, 0.15) is 10.7 Å². The highest BCUT2D eigenvalue weighted by Gasteiger charge is 2.02. The van der Waals surface area contributed by atoms with Crippen molar-refractivity contribution in [2.45, 2.75) is 13.0 Å². The molecule has 2 aromatic rings. The number of guanidine groups is 1. The number of hydrogen-bond donors (Lipinski definition) is 2. The van der Waals surface area contributed by atoms with E-state index >= 15 is 0 Å².